The molecule has 1 aromatic carbocycles. The first-order chi connectivity index (χ1) is 15.5. The zero-order chi connectivity index (χ0) is 22.2. The van der Waals surface area contributed by atoms with Gasteiger partial charge in [0.05, 0.1) is 18.5 Å². The van der Waals surface area contributed by atoms with E-state index >= 15 is 0 Å². The fourth-order valence-electron chi connectivity index (χ4n) is 3.75. The van der Waals surface area contributed by atoms with E-state index in [-0.39, 0.29) is 26.0 Å². The number of rotatable bonds is 6. The van der Waals surface area contributed by atoms with E-state index in [1.165, 1.54) is 12.3 Å². The van der Waals surface area contributed by atoms with E-state index < -0.39 is 11.9 Å². The molecule has 5 aromatic rings. The standard InChI is InChI=1S/C23H22FN7O.H2S/c1-13(2)17-11-28-31-22(17)29-21(14-7-15(24)9-25-8-14)30-23(31)27-12-20(32)18-10-26-19-6-4-3-5-16(18)19;/h3-11,13,20,26,32H,12H2,1-2H3,(H,27,29,30);1H2/t20-;/m0./s1. The molecule has 8 nitrogen and oxygen atoms in total. The monoisotopic (exact) mass is 465 g/mol. The maximum atomic E-state index is 13.8. The molecule has 170 valence electrons. The molecule has 0 fully saturated rings. The first-order valence-electron chi connectivity index (χ1n) is 10.4. The highest BCUT2D eigenvalue weighted by molar-refractivity contribution is 7.59. The van der Waals surface area contributed by atoms with Crippen molar-refractivity contribution in [3.05, 3.63) is 72.1 Å². The molecular weight excluding hydrogens is 441 g/mol. The summed E-state index contributed by atoms with van der Waals surface area (Å²) in [6, 6.07) is 9.14. The van der Waals surface area contributed by atoms with Crippen molar-refractivity contribution in [3.8, 4) is 11.4 Å². The minimum atomic E-state index is -0.782. The molecule has 0 aliphatic rings. The summed E-state index contributed by atoms with van der Waals surface area (Å²) in [4.78, 5) is 16.3. The van der Waals surface area contributed by atoms with Crippen LogP contribution in [0.3, 0.4) is 0 Å². The highest BCUT2D eigenvalue weighted by atomic mass is 32.1. The van der Waals surface area contributed by atoms with E-state index in [0.717, 1.165) is 28.2 Å². The van der Waals surface area contributed by atoms with Gasteiger partial charge in [-0.05, 0) is 18.1 Å². The summed E-state index contributed by atoms with van der Waals surface area (Å²) in [5, 5.41) is 19.4. The van der Waals surface area contributed by atoms with Crippen molar-refractivity contribution in [2.45, 2.75) is 25.9 Å². The Balaban J connectivity index is 0.00000259. The number of nitrogens with one attached hydrogen (secondary N) is 2. The first-order valence-corrected chi connectivity index (χ1v) is 10.4. The van der Waals surface area contributed by atoms with Crippen LogP contribution < -0.4 is 5.32 Å². The highest BCUT2D eigenvalue weighted by Gasteiger charge is 2.18. The van der Waals surface area contributed by atoms with Gasteiger partial charge in [-0.1, -0.05) is 32.0 Å². The van der Waals surface area contributed by atoms with Gasteiger partial charge in [-0.15, -0.1) is 0 Å². The quantitative estimate of drug-likeness (QED) is 0.347. The highest BCUT2D eigenvalue weighted by Crippen LogP contribution is 2.26. The molecule has 0 aliphatic heterocycles. The van der Waals surface area contributed by atoms with Gasteiger partial charge in [0, 0.05) is 46.5 Å². The minimum absolute atomic E-state index is 0. The molecule has 0 saturated heterocycles. The van der Waals surface area contributed by atoms with Crippen molar-refractivity contribution >= 4 is 36.0 Å². The third-order valence-corrected chi connectivity index (χ3v) is 5.41. The zero-order valence-electron chi connectivity index (χ0n) is 18.1. The third kappa shape index (κ3) is 4.27. The van der Waals surface area contributed by atoms with Gasteiger partial charge in [0.15, 0.2) is 11.5 Å². The topological polar surface area (TPSA) is 104 Å². The lowest BCUT2D eigenvalue weighted by Crippen LogP contribution is -2.16. The molecule has 4 aromatic heterocycles. The van der Waals surface area contributed by atoms with Gasteiger partial charge in [-0.2, -0.15) is 28.1 Å². The van der Waals surface area contributed by atoms with Crippen molar-refractivity contribution in [1.82, 2.24) is 29.5 Å². The Kier molecular flexibility index (Phi) is 6.30. The molecule has 10 heteroatoms. The summed E-state index contributed by atoms with van der Waals surface area (Å²) < 4.78 is 15.4. The van der Waals surface area contributed by atoms with E-state index in [4.69, 9.17) is 0 Å². The van der Waals surface area contributed by atoms with Crippen molar-refractivity contribution in [1.29, 1.82) is 0 Å². The molecule has 3 N–H and O–H groups in total. The van der Waals surface area contributed by atoms with Crippen molar-refractivity contribution in [2.24, 2.45) is 0 Å². The molecule has 0 bridgehead atoms. The second kappa shape index (κ2) is 9.16. The predicted octanol–water partition coefficient (Wildman–Crippen LogP) is 4.19. The van der Waals surface area contributed by atoms with Crippen LogP contribution in [0.5, 0.6) is 0 Å². The SMILES string of the molecule is CC(C)c1cnn2c(NC[C@H](O)c3c[nH]c4ccccc34)nc(-c3cncc(F)c3)nc12.S. The van der Waals surface area contributed by atoms with Crippen molar-refractivity contribution in [2.75, 3.05) is 11.9 Å². The average molecular weight is 466 g/mol. The Morgan fingerprint density at radius 2 is 1.94 bits per heavy atom. The predicted molar refractivity (Wildman–Crippen MR) is 130 cm³/mol. The molecule has 1 atom stereocenters. The van der Waals surface area contributed by atoms with E-state index in [1.807, 2.05) is 24.3 Å². The maximum absolute atomic E-state index is 13.8. The number of para-hydroxylation sites is 1. The number of fused-ring (bicyclic) bond motifs is 2. The lowest BCUT2D eigenvalue weighted by Gasteiger charge is -2.14. The summed E-state index contributed by atoms with van der Waals surface area (Å²) in [6.45, 7) is 4.30. The Bertz CT molecular complexity index is 1410. The Morgan fingerprint density at radius 3 is 2.73 bits per heavy atom. The van der Waals surface area contributed by atoms with Gasteiger partial charge in [0.2, 0.25) is 5.95 Å². The number of anilines is 1. The molecule has 0 unspecified atom stereocenters. The molecule has 0 saturated carbocycles. The van der Waals surface area contributed by atoms with Crippen LogP contribution >= 0.6 is 13.5 Å². The van der Waals surface area contributed by atoms with Gasteiger partial charge in [-0.3, -0.25) is 4.98 Å². The smallest absolute Gasteiger partial charge is 0.228 e. The lowest BCUT2D eigenvalue weighted by molar-refractivity contribution is 0.193. The first kappa shape index (κ1) is 22.7. The van der Waals surface area contributed by atoms with Crippen LogP contribution in [-0.4, -0.2) is 41.2 Å². The van der Waals surface area contributed by atoms with Crippen molar-refractivity contribution < 1.29 is 9.50 Å². The number of aromatic amines is 1. The molecule has 0 amide bonds. The number of hydrogen-bond acceptors (Lipinski definition) is 6. The number of halogens is 1. The number of aromatic nitrogens is 6. The van der Waals surface area contributed by atoms with Crippen LogP contribution in [0.4, 0.5) is 10.3 Å². The fraction of sp³-hybridized carbons (Fsp3) is 0.217. The van der Waals surface area contributed by atoms with Crippen LogP contribution in [0.1, 0.15) is 37.0 Å². The van der Waals surface area contributed by atoms with Crippen LogP contribution in [0.2, 0.25) is 0 Å². The summed E-state index contributed by atoms with van der Waals surface area (Å²) in [5.41, 5.74) is 3.78. The summed E-state index contributed by atoms with van der Waals surface area (Å²) in [5.74, 6) is 0.453. The molecule has 0 aliphatic carbocycles. The average Bonchev–Trinajstić information content (AvgIpc) is 3.41. The van der Waals surface area contributed by atoms with Crippen LogP contribution in [0.25, 0.3) is 27.9 Å². The summed E-state index contributed by atoms with van der Waals surface area (Å²) in [6.07, 6.45) is 5.43. The van der Waals surface area contributed by atoms with Gasteiger partial charge >= 0.3 is 0 Å². The normalized spacial score (nSPS) is 12.3. The molecule has 4 heterocycles. The van der Waals surface area contributed by atoms with Crippen LogP contribution in [0, 0.1) is 5.82 Å². The third-order valence-electron chi connectivity index (χ3n) is 5.41. The zero-order valence-corrected chi connectivity index (χ0v) is 19.1. The van der Waals surface area contributed by atoms with Gasteiger partial charge < -0.3 is 15.4 Å². The Morgan fingerprint density at radius 1 is 1.12 bits per heavy atom. The number of aliphatic hydroxyl groups is 1. The number of hydrogen-bond donors (Lipinski definition) is 3. The summed E-state index contributed by atoms with van der Waals surface area (Å²) >= 11 is 0. The minimum Gasteiger partial charge on any atom is -0.386 e. The summed E-state index contributed by atoms with van der Waals surface area (Å²) in [7, 11) is 0. The molecule has 0 spiro atoms. The van der Waals surface area contributed by atoms with E-state index in [1.54, 1.807) is 16.9 Å². The maximum Gasteiger partial charge on any atom is 0.228 e. The number of pyridine rings is 1. The molecule has 0 radical (unpaired) electrons. The second-order valence-electron chi connectivity index (χ2n) is 7.94. The Hall–Kier alpha value is -3.50. The van der Waals surface area contributed by atoms with Gasteiger partial charge in [-0.25, -0.2) is 9.37 Å². The number of H-pyrrole nitrogens is 1. The van der Waals surface area contributed by atoms with E-state index in [2.05, 4.69) is 44.2 Å². The molecular formula is C23H24FN7OS. The van der Waals surface area contributed by atoms with Gasteiger partial charge in [0.1, 0.15) is 5.82 Å². The number of aliphatic hydroxyl groups excluding tert-OH is 1. The van der Waals surface area contributed by atoms with E-state index in [9.17, 15) is 9.50 Å². The molecule has 33 heavy (non-hydrogen) atoms. The fourth-order valence-corrected chi connectivity index (χ4v) is 3.75. The van der Waals surface area contributed by atoms with Gasteiger partial charge in [0.25, 0.3) is 0 Å². The Labute approximate surface area is 196 Å². The second-order valence-corrected chi connectivity index (χ2v) is 7.94. The van der Waals surface area contributed by atoms with E-state index in [0.29, 0.717) is 23.0 Å². The lowest BCUT2D eigenvalue weighted by atomic mass is 10.1. The van der Waals surface area contributed by atoms with Crippen LogP contribution in [-0.2, 0) is 0 Å². The van der Waals surface area contributed by atoms with Crippen molar-refractivity contribution in [3.63, 3.8) is 0 Å². The molecule has 5 rings (SSSR count). The number of nitrogens with zero attached hydrogens (tertiary/aromatic N) is 5. The number of benzene rings is 1. The largest absolute Gasteiger partial charge is 0.386 e. The van der Waals surface area contributed by atoms with Crippen LogP contribution in [0.15, 0.2) is 55.1 Å².